The van der Waals surface area contributed by atoms with Crippen molar-refractivity contribution < 1.29 is 4.42 Å². The zero-order chi connectivity index (χ0) is 12.4. The minimum atomic E-state index is 0.458. The number of hydrogen-bond donors (Lipinski definition) is 0. The first-order valence-electron chi connectivity index (χ1n) is 5.37. The molecule has 18 heavy (non-hydrogen) atoms. The van der Waals surface area contributed by atoms with Crippen LogP contribution in [0.4, 0.5) is 0 Å². The highest BCUT2D eigenvalue weighted by Crippen LogP contribution is 2.21. The molecule has 3 rings (SSSR count). The summed E-state index contributed by atoms with van der Waals surface area (Å²) in [6, 6.07) is 9.14. The molecule has 0 saturated heterocycles. The second-order valence-electron chi connectivity index (χ2n) is 3.71. The maximum atomic E-state index is 5.91. The molecule has 90 valence electrons. The molecule has 0 saturated carbocycles. The van der Waals surface area contributed by atoms with E-state index in [0.29, 0.717) is 23.3 Å². The maximum absolute atomic E-state index is 5.91. The normalized spacial score (nSPS) is 10.7. The lowest BCUT2D eigenvalue weighted by molar-refractivity contribution is 0.474. The minimum Gasteiger partial charge on any atom is -0.419 e. The van der Waals surface area contributed by atoms with E-state index in [2.05, 4.69) is 15.3 Å². The van der Waals surface area contributed by atoms with E-state index in [-0.39, 0.29) is 0 Å². The van der Waals surface area contributed by atoms with Crippen molar-refractivity contribution in [1.29, 1.82) is 0 Å². The largest absolute Gasteiger partial charge is 0.419 e. The summed E-state index contributed by atoms with van der Waals surface area (Å²) in [5.41, 5.74) is 0.807. The van der Waals surface area contributed by atoms with Crippen molar-refractivity contribution in [3.8, 4) is 11.5 Å². The third-order valence-electron chi connectivity index (χ3n) is 2.39. The van der Waals surface area contributed by atoms with E-state index in [0.717, 1.165) is 5.56 Å². The van der Waals surface area contributed by atoms with E-state index in [4.69, 9.17) is 16.0 Å². The summed E-state index contributed by atoms with van der Waals surface area (Å²) in [5, 5.41) is 12.7. The van der Waals surface area contributed by atoms with Gasteiger partial charge in [0.25, 0.3) is 0 Å². The fourth-order valence-corrected chi connectivity index (χ4v) is 1.78. The highest BCUT2D eigenvalue weighted by Gasteiger charge is 2.09. The number of halogens is 1. The monoisotopic (exact) mass is 260 g/mol. The van der Waals surface area contributed by atoms with Gasteiger partial charge in [-0.15, -0.1) is 10.2 Å². The molecular formula is C12H9ClN4O. The van der Waals surface area contributed by atoms with Gasteiger partial charge in [0.1, 0.15) is 6.54 Å². The van der Waals surface area contributed by atoms with Crippen LogP contribution in [-0.2, 0) is 6.54 Å². The molecule has 0 atom stereocenters. The number of benzene rings is 1. The van der Waals surface area contributed by atoms with Gasteiger partial charge in [-0.3, -0.25) is 4.68 Å². The first-order chi connectivity index (χ1) is 8.81. The van der Waals surface area contributed by atoms with Crippen LogP contribution in [-0.4, -0.2) is 20.0 Å². The first kappa shape index (κ1) is 11.0. The van der Waals surface area contributed by atoms with Crippen molar-refractivity contribution in [2.75, 3.05) is 0 Å². The summed E-state index contributed by atoms with van der Waals surface area (Å²) in [5.74, 6) is 0.966. The Balaban J connectivity index is 1.85. The Labute approximate surface area is 108 Å². The average Bonchev–Trinajstić information content (AvgIpc) is 3.01. The van der Waals surface area contributed by atoms with E-state index in [1.165, 1.54) is 0 Å². The van der Waals surface area contributed by atoms with Gasteiger partial charge in [0, 0.05) is 23.0 Å². The summed E-state index contributed by atoms with van der Waals surface area (Å²) in [7, 11) is 0. The number of hydrogen-bond acceptors (Lipinski definition) is 4. The third kappa shape index (κ3) is 2.26. The molecule has 0 unspecified atom stereocenters. The van der Waals surface area contributed by atoms with Crippen LogP contribution in [0.2, 0.25) is 5.02 Å². The molecule has 1 aromatic carbocycles. The van der Waals surface area contributed by atoms with Gasteiger partial charge in [-0.2, -0.15) is 5.10 Å². The van der Waals surface area contributed by atoms with Crippen LogP contribution in [0.25, 0.3) is 11.5 Å². The van der Waals surface area contributed by atoms with Crippen molar-refractivity contribution in [1.82, 2.24) is 20.0 Å². The maximum Gasteiger partial charge on any atom is 0.247 e. The predicted octanol–water partition coefficient (Wildman–Crippen LogP) is 2.63. The van der Waals surface area contributed by atoms with Gasteiger partial charge in [0.05, 0.1) is 0 Å². The molecule has 0 spiro atoms. The summed E-state index contributed by atoms with van der Waals surface area (Å²) < 4.78 is 7.27. The number of rotatable bonds is 3. The highest BCUT2D eigenvalue weighted by molar-refractivity contribution is 6.30. The highest BCUT2D eigenvalue weighted by atomic mass is 35.5. The molecule has 0 radical (unpaired) electrons. The molecule has 0 N–H and O–H groups in total. The molecular weight excluding hydrogens is 252 g/mol. The summed E-state index contributed by atoms with van der Waals surface area (Å²) in [6.07, 6.45) is 3.54. The van der Waals surface area contributed by atoms with Crippen LogP contribution in [0.15, 0.2) is 47.1 Å². The third-order valence-corrected chi connectivity index (χ3v) is 2.63. The molecule has 5 nitrogen and oxygen atoms in total. The minimum absolute atomic E-state index is 0.458. The molecule has 3 aromatic rings. The Morgan fingerprint density at radius 1 is 1.22 bits per heavy atom. The van der Waals surface area contributed by atoms with Crippen LogP contribution >= 0.6 is 11.6 Å². The van der Waals surface area contributed by atoms with Gasteiger partial charge in [0.15, 0.2) is 0 Å². The average molecular weight is 261 g/mol. The quantitative estimate of drug-likeness (QED) is 0.726. The molecule has 2 aromatic heterocycles. The standard InChI is InChI=1S/C12H9ClN4O/c13-10-4-1-3-9(7-10)12-16-15-11(18-12)8-17-6-2-5-14-17/h1-7H,8H2. The van der Waals surface area contributed by atoms with Gasteiger partial charge in [-0.25, -0.2) is 0 Å². The van der Waals surface area contributed by atoms with Gasteiger partial charge >= 0.3 is 0 Å². The Kier molecular flexibility index (Phi) is 2.82. The Bertz CT molecular complexity index is 648. The lowest BCUT2D eigenvalue weighted by Gasteiger charge is -1.96. The van der Waals surface area contributed by atoms with Crippen LogP contribution in [0.3, 0.4) is 0 Å². The number of aromatic nitrogens is 4. The van der Waals surface area contributed by atoms with Gasteiger partial charge in [0.2, 0.25) is 11.8 Å². The van der Waals surface area contributed by atoms with Gasteiger partial charge in [-0.1, -0.05) is 17.7 Å². The van der Waals surface area contributed by atoms with Crippen molar-refractivity contribution in [3.63, 3.8) is 0 Å². The molecule has 2 heterocycles. The zero-order valence-electron chi connectivity index (χ0n) is 9.32. The van der Waals surface area contributed by atoms with E-state index in [9.17, 15) is 0 Å². The van der Waals surface area contributed by atoms with Crippen LogP contribution in [0, 0.1) is 0 Å². The molecule has 0 fully saturated rings. The van der Waals surface area contributed by atoms with E-state index < -0.39 is 0 Å². The van der Waals surface area contributed by atoms with Gasteiger partial charge in [-0.05, 0) is 24.3 Å². The smallest absolute Gasteiger partial charge is 0.247 e. The van der Waals surface area contributed by atoms with Gasteiger partial charge < -0.3 is 4.42 Å². The van der Waals surface area contributed by atoms with Crippen molar-refractivity contribution in [2.45, 2.75) is 6.54 Å². The molecule has 0 amide bonds. The van der Waals surface area contributed by atoms with Crippen molar-refractivity contribution in [2.24, 2.45) is 0 Å². The molecule has 0 aliphatic rings. The molecule has 0 aliphatic carbocycles. The van der Waals surface area contributed by atoms with Crippen LogP contribution in [0.1, 0.15) is 5.89 Å². The lowest BCUT2D eigenvalue weighted by Crippen LogP contribution is -1.99. The summed E-state index contributed by atoms with van der Waals surface area (Å²) in [6.45, 7) is 0.459. The topological polar surface area (TPSA) is 56.7 Å². The SMILES string of the molecule is Clc1cccc(-c2nnc(Cn3cccn3)o2)c1. The second kappa shape index (κ2) is 4.62. The fourth-order valence-electron chi connectivity index (χ4n) is 1.59. The molecule has 0 bridgehead atoms. The molecule has 0 aliphatic heterocycles. The Hall–Kier alpha value is -2.14. The Morgan fingerprint density at radius 2 is 2.17 bits per heavy atom. The fraction of sp³-hybridized carbons (Fsp3) is 0.0833. The summed E-state index contributed by atoms with van der Waals surface area (Å²) >= 11 is 5.91. The van der Waals surface area contributed by atoms with E-state index in [1.807, 2.05) is 24.4 Å². The predicted molar refractivity (Wildman–Crippen MR) is 66.1 cm³/mol. The molecule has 6 heteroatoms. The second-order valence-corrected chi connectivity index (χ2v) is 4.15. The van der Waals surface area contributed by atoms with Crippen LogP contribution in [0.5, 0.6) is 0 Å². The van der Waals surface area contributed by atoms with Crippen molar-refractivity contribution >= 4 is 11.6 Å². The van der Waals surface area contributed by atoms with E-state index in [1.54, 1.807) is 23.0 Å². The zero-order valence-corrected chi connectivity index (χ0v) is 10.1. The lowest BCUT2D eigenvalue weighted by atomic mass is 10.2. The van der Waals surface area contributed by atoms with E-state index >= 15 is 0 Å². The Morgan fingerprint density at radius 3 is 2.94 bits per heavy atom. The summed E-state index contributed by atoms with van der Waals surface area (Å²) in [4.78, 5) is 0. The van der Waals surface area contributed by atoms with Crippen molar-refractivity contribution in [3.05, 3.63) is 53.6 Å². The van der Waals surface area contributed by atoms with Crippen LogP contribution < -0.4 is 0 Å². The first-order valence-corrected chi connectivity index (χ1v) is 5.75. The number of nitrogens with zero attached hydrogens (tertiary/aromatic N) is 4.